The third-order valence-electron chi connectivity index (χ3n) is 4.14. The van der Waals surface area contributed by atoms with Gasteiger partial charge in [0.05, 0.1) is 13.7 Å². The van der Waals surface area contributed by atoms with Crippen LogP contribution in [0.1, 0.15) is 11.1 Å². The van der Waals surface area contributed by atoms with Gasteiger partial charge in [-0.1, -0.05) is 24.3 Å². The molecule has 0 fully saturated rings. The van der Waals surface area contributed by atoms with Crippen LogP contribution in [0.2, 0.25) is 0 Å². The molecule has 0 saturated heterocycles. The molecule has 0 unspecified atom stereocenters. The van der Waals surface area contributed by atoms with Crippen molar-refractivity contribution in [3.05, 3.63) is 59.7 Å². The third kappa shape index (κ3) is 6.41. The Morgan fingerprint density at radius 1 is 1.04 bits per heavy atom. The molecule has 26 heavy (non-hydrogen) atoms. The molecule has 0 aromatic heterocycles. The van der Waals surface area contributed by atoms with Crippen LogP contribution in [0.3, 0.4) is 0 Å². The minimum absolute atomic E-state index is 0.0823. The number of rotatable bonds is 9. The largest absolute Gasteiger partial charge is 0.497 e. The highest BCUT2D eigenvalue weighted by Gasteiger charge is 2.12. The van der Waals surface area contributed by atoms with Crippen LogP contribution in [-0.4, -0.2) is 56.6 Å². The van der Waals surface area contributed by atoms with Gasteiger partial charge in [0.15, 0.2) is 0 Å². The number of methoxy groups -OCH3 is 1. The van der Waals surface area contributed by atoms with Gasteiger partial charge < -0.3 is 14.4 Å². The zero-order valence-electron chi connectivity index (χ0n) is 16.1. The van der Waals surface area contributed by atoms with E-state index in [1.807, 2.05) is 74.4 Å². The molecule has 5 nitrogen and oxygen atoms in total. The molecule has 2 rings (SSSR count). The summed E-state index contributed by atoms with van der Waals surface area (Å²) < 4.78 is 10.9. The van der Waals surface area contributed by atoms with Gasteiger partial charge in [0.1, 0.15) is 18.1 Å². The lowest BCUT2D eigenvalue weighted by molar-refractivity contribution is -0.131. The molecule has 0 bridgehead atoms. The van der Waals surface area contributed by atoms with Gasteiger partial charge >= 0.3 is 0 Å². The normalized spacial score (nSPS) is 10.7. The Morgan fingerprint density at radius 3 is 2.42 bits per heavy atom. The first-order valence-corrected chi connectivity index (χ1v) is 8.73. The number of nitrogens with zero attached hydrogens (tertiary/aromatic N) is 2. The summed E-state index contributed by atoms with van der Waals surface area (Å²) in [6.45, 7) is 4.22. The Balaban J connectivity index is 1.72. The fraction of sp³-hybridized carbons (Fsp3) is 0.381. The van der Waals surface area contributed by atoms with Crippen molar-refractivity contribution in [3.8, 4) is 11.5 Å². The third-order valence-corrected chi connectivity index (χ3v) is 4.14. The van der Waals surface area contributed by atoms with Crippen molar-refractivity contribution in [2.24, 2.45) is 0 Å². The van der Waals surface area contributed by atoms with Crippen molar-refractivity contribution in [1.29, 1.82) is 0 Å². The lowest BCUT2D eigenvalue weighted by Crippen LogP contribution is -2.37. The summed E-state index contributed by atoms with van der Waals surface area (Å²) in [5, 5.41) is 0. The van der Waals surface area contributed by atoms with E-state index >= 15 is 0 Å². The van der Waals surface area contributed by atoms with Gasteiger partial charge in [-0.15, -0.1) is 0 Å². The smallest absolute Gasteiger partial charge is 0.236 e. The van der Waals surface area contributed by atoms with Crippen LogP contribution < -0.4 is 9.47 Å². The Labute approximate surface area is 156 Å². The van der Waals surface area contributed by atoms with Gasteiger partial charge in [0, 0.05) is 20.1 Å². The summed E-state index contributed by atoms with van der Waals surface area (Å²) in [6, 6.07) is 15.7. The molecule has 2 aromatic rings. The van der Waals surface area contributed by atoms with E-state index in [9.17, 15) is 4.79 Å². The van der Waals surface area contributed by atoms with Crippen LogP contribution in [0.15, 0.2) is 48.5 Å². The first-order chi connectivity index (χ1) is 12.5. The van der Waals surface area contributed by atoms with Crippen LogP contribution >= 0.6 is 0 Å². The highest BCUT2D eigenvalue weighted by atomic mass is 16.5. The van der Waals surface area contributed by atoms with Crippen LogP contribution in [0.4, 0.5) is 0 Å². The molecule has 0 aliphatic rings. The second-order valence-electron chi connectivity index (χ2n) is 6.50. The molecule has 0 spiro atoms. The van der Waals surface area contributed by atoms with E-state index in [0.717, 1.165) is 17.1 Å². The number of carbonyl (C=O) groups is 1. The van der Waals surface area contributed by atoms with Gasteiger partial charge in [-0.05, 0) is 49.4 Å². The van der Waals surface area contributed by atoms with E-state index in [2.05, 4.69) is 0 Å². The fourth-order valence-electron chi connectivity index (χ4n) is 2.55. The molecule has 0 aliphatic carbocycles. The van der Waals surface area contributed by atoms with Gasteiger partial charge in [0.2, 0.25) is 5.91 Å². The summed E-state index contributed by atoms with van der Waals surface area (Å²) in [5.41, 5.74) is 2.25. The molecular weight excluding hydrogens is 328 g/mol. The van der Waals surface area contributed by atoms with Crippen LogP contribution in [0.25, 0.3) is 0 Å². The number of benzene rings is 2. The number of hydrogen-bond acceptors (Lipinski definition) is 4. The number of carbonyl (C=O) groups excluding carboxylic acids is 1. The number of likely N-dealkylation sites (N-methyl/N-ethyl adjacent to an activating group) is 2. The maximum absolute atomic E-state index is 12.4. The SMILES string of the molecule is COc1ccc(CN(C)C(=O)CN(C)CCOc2cccc(C)c2)cc1. The molecule has 140 valence electrons. The van der Waals surface area contributed by atoms with Crippen molar-refractivity contribution in [3.63, 3.8) is 0 Å². The predicted octanol–water partition coefficient (Wildman–Crippen LogP) is 2.97. The number of amides is 1. The predicted molar refractivity (Wildman–Crippen MR) is 104 cm³/mol. The minimum Gasteiger partial charge on any atom is -0.497 e. The second kappa shape index (κ2) is 9.82. The molecule has 1 amide bonds. The van der Waals surface area contributed by atoms with E-state index in [4.69, 9.17) is 9.47 Å². The zero-order valence-corrected chi connectivity index (χ0v) is 16.1. The Bertz CT molecular complexity index is 701. The quantitative estimate of drug-likeness (QED) is 0.693. The number of aryl methyl sites for hydroxylation is 1. The highest BCUT2D eigenvalue weighted by Crippen LogP contribution is 2.13. The van der Waals surface area contributed by atoms with Crippen molar-refractivity contribution in [2.45, 2.75) is 13.5 Å². The van der Waals surface area contributed by atoms with E-state index < -0.39 is 0 Å². The van der Waals surface area contributed by atoms with Gasteiger partial charge in [-0.2, -0.15) is 0 Å². The molecule has 0 N–H and O–H groups in total. The average molecular weight is 356 g/mol. The van der Waals surface area contributed by atoms with E-state index in [0.29, 0.717) is 26.2 Å². The summed E-state index contributed by atoms with van der Waals surface area (Å²) in [6.07, 6.45) is 0. The van der Waals surface area contributed by atoms with Crippen molar-refractivity contribution < 1.29 is 14.3 Å². The summed E-state index contributed by atoms with van der Waals surface area (Å²) in [5.74, 6) is 1.76. The second-order valence-corrected chi connectivity index (χ2v) is 6.50. The maximum Gasteiger partial charge on any atom is 0.236 e. The Hall–Kier alpha value is -2.53. The summed E-state index contributed by atoms with van der Waals surface area (Å²) in [4.78, 5) is 16.1. The molecule has 0 heterocycles. The molecular formula is C21H28N2O3. The van der Waals surface area contributed by atoms with E-state index in [1.54, 1.807) is 12.0 Å². The van der Waals surface area contributed by atoms with E-state index in [-0.39, 0.29) is 5.91 Å². The molecule has 2 aromatic carbocycles. The molecule has 5 heteroatoms. The zero-order chi connectivity index (χ0) is 18.9. The fourth-order valence-corrected chi connectivity index (χ4v) is 2.55. The highest BCUT2D eigenvalue weighted by molar-refractivity contribution is 5.77. The van der Waals surface area contributed by atoms with Gasteiger partial charge in [0.25, 0.3) is 0 Å². The van der Waals surface area contributed by atoms with Gasteiger partial charge in [-0.3, -0.25) is 9.69 Å². The van der Waals surface area contributed by atoms with Gasteiger partial charge in [-0.25, -0.2) is 0 Å². The van der Waals surface area contributed by atoms with Crippen LogP contribution in [0.5, 0.6) is 11.5 Å². The number of hydrogen-bond donors (Lipinski definition) is 0. The Morgan fingerprint density at radius 2 is 1.77 bits per heavy atom. The standard InChI is InChI=1S/C21H28N2O3/c1-17-6-5-7-20(14-17)26-13-12-22(2)16-21(24)23(3)15-18-8-10-19(25-4)11-9-18/h5-11,14H,12-13,15-16H2,1-4H3. The topological polar surface area (TPSA) is 42.0 Å². The molecule has 0 radical (unpaired) electrons. The first-order valence-electron chi connectivity index (χ1n) is 8.73. The van der Waals surface area contributed by atoms with Crippen molar-refractivity contribution in [1.82, 2.24) is 9.80 Å². The van der Waals surface area contributed by atoms with Crippen LogP contribution in [-0.2, 0) is 11.3 Å². The first kappa shape index (κ1) is 19.8. The van der Waals surface area contributed by atoms with E-state index in [1.165, 1.54) is 5.56 Å². The minimum atomic E-state index is 0.0823. The summed E-state index contributed by atoms with van der Waals surface area (Å²) >= 11 is 0. The lowest BCUT2D eigenvalue weighted by atomic mass is 10.2. The molecule has 0 saturated carbocycles. The summed E-state index contributed by atoms with van der Waals surface area (Å²) in [7, 11) is 5.39. The lowest BCUT2D eigenvalue weighted by Gasteiger charge is -2.22. The Kier molecular flexibility index (Phi) is 7.48. The molecule has 0 atom stereocenters. The molecule has 0 aliphatic heterocycles. The van der Waals surface area contributed by atoms with Crippen molar-refractivity contribution >= 4 is 5.91 Å². The number of ether oxygens (including phenoxy) is 2. The van der Waals surface area contributed by atoms with Crippen LogP contribution in [0, 0.1) is 6.92 Å². The maximum atomic E-state index is 12.4. The monoisotopic (exact) mass is 356 g/mol. The van der Waals surface area contributed by atoms with Crippen molar-refractivity contribution in [2.75, 3.05) is 40.9 Å². The average Bonchev–Trinajstić information content (AvgIpc) is 2.62.